The van der Waals surface area contributed by atoms with Crippen molar-refractivity contribution in [1.82, 2.24) is 10.9 Å². The summed E-state index contributed by atoms with van der Waals surface area (Å²) in [7, 11) is 0. The van der Waals surface area contributed by atoms with E-state index < -0.39 is 10.8 Å². The first-order chi connectivity index (χ1) is 12.5. The molecule has 0 spiro atoms. The number of nitrogens with zero attached hydrogens (tertiary/aromatic N) is 2. The topological polar surface area (TPSA) is 129 Å². The standard InChI is InChI=1S/C17H18N4O5/c1-12(22)19-13-6-8-14(9-7-13)26-11-10-18-20-17(23)15-4-2-3-5-16(15)21(24)25/h2-9,18H,10-11H2,1H3,(H,19,22)(H,20,23)/p-1. The Bertz CT molecular complexity index is 801. The minimum atomic E-state index is -0.611. The second kappa shape index (κ2) is 9.14. The number of nitro groups is 1. The highest BCUT2D eigenvalue weighted by atomic mass is 16.6. The summed E-state index contributed by atoms with van der Waals surface area (Å²) in [6.07, 6.45) is 0. The lowest BCUT2D eigenvalue weighted by molar-refractivity contribution is -0.385. The summed E-state index contributed by atoms with van der Waals surface area (Å²) in [5.74, 6) is -0.302. The maximum absolute atomic E-state index is 12.0. The number of nitrogens with one attached hydrogen (secondary N) is 2. The van der Waals surface area contributed by atoms with Gasteiger partial charge < -0.3 is 9.84 Å². The van der Waals surface area contributed by atoms with Gasteiger partial charge in [0.15, 0.2) is 0 Å². The average molecular weight is 357 g/mol. The van der Waals surface area contributed by atoms with E-state index in [1.165, 1.54) is 25.1 Å². The number of ether oxygens (including phenoxy) is 1. The molecule has 9 nitrogen and oxygen atoms in total. The molecule has 0 fully saturated rings. The lowest BCUT2D eigenvalue weighted by Gasteiger charge is -2.09. The minimum absolute atomic E-state index is 0.0317. The zero-order valence-electron chi connectivity index (χ0n) is 14.0. The van der Waals surface area contributed by atoms with Gasteiger partial charge in [0.2, 0.25) is 0 Å². The molecule has 26 heavy (non-hydrogen) atoms. The maximum atomic E-state index is 12.0. The second-order valence-electron chi connectivity index (χ2n) is 5.13. The number of carbonyl (C=O) groups is 1. The van der Waals surface area contributed by atoms with Gasteiger partial charge in [0.1, 0.15) is 17.9 Å². The molecular formula is C17H17N4O5-. The fraction of sp³-hybridized carbons (Fsp3) is 0.176. The summed E-state index contributed by atoms with van der Waals surface area (Å²) in [5, 5.41) is 21.8. The molecule has 1 amide bonds. The van der Waals surface area contributed by atoms with E-state index in [0.29, 0.717) is 11.4 Å². The Morgan fingerprint density at radius 2 is 1.88 bits per heavy atom. The first kappa shape index (κ1) is 18.9. The van der Waals surface area contributed by atoms with Gasteiger partial charge in [0.25, 0.3) is 11.6 Å². The van der Waals surface area contributed by atoms with Crippen LogP contribution in [0.1, 0.15) is 17.3 Å². The molecule has 136 valence electrons. The number of para-hydroxylation sites is 1. The molecule has 0 saturated heterocycles. The Hall–Kier alpha value is -3.46. The van der Waals surface area contributed by atoms with Crippen LogP contribution in [0.15, 0.2) is 53.5 Å². The summed E-state index contributed by atoms with van der Waals surface area (Å²) in [5.41, 5.74) is 5.28. The Kier molecular flexibility index (Phi) is 6.63. The van der Waals surface area contributed by atoms with Gasteiger partial charge in [0.05, 0.1) is 10.6 Å². The minimum Gasteiger partial charge on any atom is -0.862 e. The Labute approximate surface area is 149 Å². The normalized spacial score (nSPS) is 11.0. The van der Waals surface area contributed by atoms with Crippen LogP contribution in [0.3, 0.4) is 0 Å². The summed E-state index contributed by atoms with van der Waals surface area (Å²) < 4.78 is 5.47. The summed E-state index contributed by atoms with van der Waals surface area (Å²) >= 11 is 0. The van der Waals surface area contributed by atoms with Crippen LogP contribution < -0.4 is 20.7 Å². The quantitative estimate of drug-likeness (QED) is 0.241. The van der Waals surface area contributed by atoms with Crippen molar-refractivity contribution in [3.8, 4) is 5.75 Å². The molecule has 0 aliphatic heterocycles. The van der Waals surface area contributed by atoms with Crippen molar-refractivity contribution >= 4 is 23.2 Å². The number of hydrogen-bond acceptors (Lipinski definition) is 7. The lowest BCUT2D eigenvalue weighted by Crippen LogP contribution is -2.39. The third-order valence-corrected chi connectivity index (χ3v) is 3.17. The fourth-order valence-electron chi connectivity index (χ4n) is 2.05. The van der Waals surface area contributed by atoms with E-state index in [1.807, 2.05) is 0 Å². The number of hydrogen-bond donors (Lipinski definition) is 2. The molecule has 0 radical (unpaired) electrons. The summed E-state index contributed by atoms with van der Waals surface area (Å²) in [4.78, 5) is 26.0. The van der Waals surface area contributed by atoms with Gasteiger partial charge in [0, 0.05) is 12.6 Å². The zero-order chi connectivity index (χ0) is 18.9. The number of amides is 1. The smallest absolute Gasteiger partial charge is 0.282 e. The van der Waals surface area contributed by atoms with Crippen LogP contribution in [0, 0.1) is 10.1 Å². The maximum Gasteiger partial charge on any atom is 0.282 e. The Balaban J connectivity index is 1.76. The third-order valence-electron chi connectivity index (χ3n) is 3.17. The van der Waals surface area contributed by atoms with E-state index in [0.717, 1.165) is 0 Å². The first-order valence-electron chi connectivity index (χ1n) is 7.69. The molecule has 2 N–H and O–H groups in total. The molecule has 0 aliphatic rings. The number of nitro benzene ring substituents is 1. The van der Waals surface area contributed by atoms with E-state index in [-0.39, 0.29) is 30.3 Å². The summed E-state index contributed by atoms with van der Waals surface area (Å²) in [6.45, 7) is 1.90. The lowest BCUT2D eigenvalue weighted by atomic mass is 10.2. The molecule has 2 aromatic rings. The number of hydrazine groups is 1. The SMILES string of the molecule is CC([O-])=Nc1ccc(OCCNNC(=O)c2ccccc2[N+](=O)[O-])cc1. The van der Waals surface area contributed by atoms with E-state index in [1.54, 1.807) is 30.3 Å². The fourth-order valence-corrected chi connectivity index (χ4v) is 2.05. The molecule has 0 atom stereocenters. The largest absolute Gasteiger partial charge is 0.862 e. The average Bonchev–Trinajstić information content (AvgIpc) is 2.62. The molecule has 9 heteroatoms. The van der Waals surface area contributed by atoms with Gasteiger partial charge in [-0.3, -0.25) is 25.3 Å². The third kappa shape index (κ3) is 5.56. The predicted octanol–water partition coefficient (Wildman–Crippen LogP) is 1.32. The zero-order valence-corrected chi connectivity index (χ0v) is 14.0. The van der Waals surface area contributed by atoms with Crippen molar-refractivity contribution in [2.24, 2.45) is 4.99 Å². The van der Waals surface area contributed by atoms with Gasteiger partial charge in [-0.25, -0.2) is 5.43 Å². The molecule has 2 rings (SSSR count). The van der Waals surface area contributed by atoms with Gasteiger partial charge in [-0.05, 0) is 43.2 Å². The van der Waals surface area contributed by atoms with Gasteiger partial charge in [-0.1, -0.05) is 12.1 Å². The van der Waals surface area contributed by atoms with Crippen molar-refractivity contribution in [3.63, 3.8) is 0 Å². The van der Waals surface area contributed by atoms with Crippen molar-refractivity contribution in [3.05, 3.63) is 64.2 Å². The molecule has 0 unspecified atom stereocenters. The van der Waals surface area contributed by atoms with E-state index >= 15 is 0 Å². The summed E-state index contributed by atoms with van der Waals surface area (Å²) in [6, 6.07) is 12.3. The van der Waals surface area contributed by atoms with Crippen LogP contribution >= 0.6 is 0 Å². The number of benzene rings is 2. The second-order valence-corrected chi connectivity index (χ2v) is 5.13. The number of carbonyl (C=O) groups excluding carboxylic acids is 1. The monoisotopic (exact) mass is 357 g/mol. The molecule has 0 heterocycles. The van der Waals surface area contributed by atoms with Gasteiger partial charge in [-0.15, -0.1) is 0 Å². The molecule has 0 aliphatic carbocycles. The number of aliphatic imine (C=N–C) groups is 1. The van der Waals surface area contributed by atoms with Crippen LogP contribution in [0.4, 0.5) is 11.4 Å². The van der Waals surface area contributed by atoms with Crippen molar-refractivity contribution in [2.45, 2.75) is 6.92 Å². The first-order valence-corrected chi connectivity index (χ1v) is 7.69. The Morgan fingerprint density at radius 3 is 2.54 bits per heavy atom. The predicted molar refractivity (Wildman–Crippen MR) is 93.3 cm³/mol. The molecule has 0 aromatic heterocycles. The highest BCUT2D eigenvalue weighted by molar-refractivity contribution is 5.97. The van der Waals surface area contributed by atoms with Crippen molar-refractivity contribution in [2.75, 3.05) is 13.2 Å². The van der Waals surface area contributed by atoms with Crippen molar-refractivity contribution in [1.29, 1.82) is 0 Å². The van der Waals surface area contributed by atoms with E-state index in [4.69, 9.17) is 4.74 Å². The van der Waals surface area contributed by atoms with E-state index in [9.17, 15) is 20.0 Å². The van der Waals surface area contributed by atoms with E-state index in [2.05, 4.69) is 15.8 Å². The van der Waals surface area contributed by atoms with Crippen LogP contribution in [0.2, 0.25) is 0 Å². The molecular weight excluding hydrogens is 340 g/mol. The molecule has 0 bridgehead atoms. The van der Waals surface area contributed by atoms with Crippen LogP contribution in [0.5, 0.6) is 5.75 Å². The Morgan fingerprint density at radius 1 is 1.19 bits per heavy atom. The highest BCUT2D eigenvalue weighted by Gasteiger charge is 2.18. The molecule has 2 aromatic carbocycles. The molecule has 0 saturated carbocycles. The van der Waals surface area contributed by atoms with Crippen LogP contribution in [-0.2, 0) is 0 Å². The van der Waals surface area contributed by atoms with Crippen molar-refractivity contribution < 1.29 is 19.6 Å². The van der Waals surface area contributed by atoms with Crippen LogP contribution in [-0.4, -0.2) is 29.9 Å². The van der Waals surface area contributed by atoms with Gasteiger partial charge >= 0.3 is 0 Å². The highest BCUT2D eigenvalue weighted by Crippen LogP contribution is 2.18. The van der Waals surface area contributed by atoms with Gasteiger partial charge in [-0.2, -0.15) is 0 Å². The number of rotatable bonds is 8. The van der Waals surface area contributed by atoms with Crippen LogP contribution in [0.25, 0.3) is 0 Å².